The van der Waals surface area contributed by atoms with E-state index < -0.39 is 0 Å². The molecule has 3 nitrogen and oxygen atoms in total. The maximum absolute atomic E-state index is 10.2. The summed E-state index contributed by atoms with van der Waals surface area (Å²) in [6, 6.07) is 0. The molecule has 0 saturated carbocycles. The molecule has 1 saturated heterocycles. The minimum absolute atomic E-state index is 0.148. The summed E-state index contributed by atoms with van der Waals surface area (Å²) in [5, 5.41) is 10.2. The molecular formula is C15H28N2O. The summed E-state index contributed by atoms with van der Waals surface area (Å²) in [6.45, 7) is 4.10. The van der Waals surface area contributed by atoms with Crippen molar-refractivity contribution in [3.63, 3.8) is 0 Å². The molecule has 2 rings (SSSR count). The summed E-state index contributed by atoms with van der Waals surface area (Å²) in [5.74, 6) is 0.455. The third-order valence-corrected chi connectivity index (χ3v) is 4.22. The van der Waals surface area contributed by atoms with Crippen molar-refractivity contribution in [2.45, 2.75) is 38.2 Å². The van der Waals surface area contributed by atoms with E-state index in [2.05, 4.69) is 30.0 Å². The highest BCUT2D eigenvalue weighted by Gasteiger charge is 2.28. The molecule has 0 unspecified atom stereocenters. The number of aliphatic hydroxyl groups is 1. The Morgan fingerprint density at radius 3 is 2.83 bits per heavy atom. The summed E-state index contributed by atoms with van der Waals surface area (Å²) in [4.78, 5) is 4.63. The standard InChI is InChI=1S/C15H28N2O/c1-16(2)11-14-8-9-17(12-15(14)18)10-13-6-4-3-5-7-13/h6,14-15,18H,3-5,7-12H2,1-2H3/t14-,15+/m0/s1. The highest BCUT2D eigenvalue weighted by Crippen LogP contribution is 2.22. The van der Waals surface area contributed by atoms with Gasteiger partial charge in [0.25, 0.3) is 0 Å². The highest BCUT2D eigenvalue weighted by atomic mass is 16.3. The normalized spacial score (nSPS) is 30.6. The molecule has 3 heteroatoms. The van der Waals surface area contributed by atoms with Gasteiger partial charge in [0.2, 0.25) is 0 Å². The van der Waals surface area contributed by atoms with Crippen LogP contribution in [0.2, 0.25) is 0 Å². The van der Waals surface area contributed by atoms with Crippen LogP contribution in [0.5, 0.6) is 0 Å². The summed E-state index contributed by atoms with van der Waals surface area (Å²) in [5.41, 5.74) is 1.60. The van der Waals surface area contributed by atoms with Gasteiger partial charge in [-0.1, -0.05) is 11.6 Å². The van der Waals surface area contributed by atoms with Gasteiger partial charge in [0.1, 0.15) is 0 Å². The Balaban J connectivity index is 1.78. The molecule has 1 aliphatic carbocycles. The number of likely N-dealkylation sites (tertiary alicyclic amines) is 1. The molecule has 0 aromatic heterocycles. The number of nitrogens with zero attached hydrogens (tertiary/aromatic N) is 2. The molecule has 1 N–H and O–H groups in total. The third-order valence-electron chi connectivity index (χ3n) is 4.22. The molecule has 2 aliphatic rings. The van der Waals surface area contributed by atoms with E-state index in [1.807, 2.05) is 0 Å². The minimum Gasteiger partial charge on any atom is -0.391 e. The molecule has 18 heavy (non-hydrogen) atoms. The first kappa shape index (κ1) is 14.0. The van der Waals surface area contributed by atoms with Crippen molar-refractivity contribution in [1.29, 1.82) is 0 Å². The largest absolute Gasteiger partial charge is 0.391 e. The van der Waals surface area contributed by atoms with Gasteiger partial charge in [-0.3, -0.25) is 4.90 Å². The molecule has 0 radical (unpaired) electrons. The Hall–Kier alpha value is -0.380. The molecule has 1 heterocycles. The molecule has 1 fully saturated rings. The second-order valence-corrected chi connectivity index (χ2v) is 6.22. The van der Waals surface area contributed by atoms with E-state index in [1.165, 1.54) is 25.7 Å². The number of aliphatic hydroxyl groups excluding tert-OH is 1. The number of hydrogen-bond acceptors (Lipinski definition) is 3. The summed E-state index contributed by atoms with van der Waals surface area (Å²) in [7, 11) is 4.18. The number of rotatable bonds is 4. The van der Waals surface area contributed by atoms with Gasteiger partial charge in [-0.15, -0.1) is 0 Å². The van der Waals surface area contributed by atoms with Crippen LogP contribution in [0.25, 0.3) is 0 Å². The average molecular weight is 252 g/mol. The maximum atomic E-state index is 10.2. The minimum atomic E-state index is -0.148. The molecule has 0 aromatic carbocycles. The summed E-state index contributed by atoms with van der Waals surface area (Å²) >= 11 is 0. The fourth-order valence-electron chi connectivity index (χ4n) is 3.21. The maximum Gasteiger partial charge on any atom is 0.0708 e. The molecule has 0 aromatic rings. The van der Waals surface area contributed by atoms with Crippen LogP contribution in [-0.4, -0.2) is 61.3 Å². The van der Waals surface area contributed by atoms with Crippen LogP contribution in [0.4, 0.5) is 0 Å². The number of piperidine rings is 1. The zero-order valence-corrected chi connectivity index (χ0v) is 11.9. The number of hydrogen-bond donors (Lipinski definition) is 1. The van der Waals surface area contributed by atoms with Crippen molar-refractivity contribution in [3.8, 4) is 0 Å². The predicted octanol–water partition coefficient (Wildman–Crippen LogP) is 1.73. The van der Waals surface area contributed by atoms with Crippen LogP contribution in [0.15, 0.2) is 11.6 Å². The Labute approximate surface area is 111 Å². The van der Waals surface area contributed by atoms with Crippen molar-refractivity contribution >= 4 is 0 Å². The fourth-order valence-corrected chi connectivity index (χ4v) is 3.21. The number of allylic oxidation sites excluding steroid dienone is 1. The Morgan fingerprint density at radius 1 is 1.39 bits per heavy atom. The fraction of sp³-hybridized carbons (Fsp3) is 0.867. The van der Waals surface area contributed by atoms with E-state index in [-0.39, 0.29) is 6.10 Å². The van der Waals surface area contributed by atoms with Crippen molar-refractivity contribution < 1.29 is 5.11 Å². The van der Waals surface area contributed by atoms with Gasteiger partial charge in [0.15, 0.2) is 0 Å². The quantitative estimate of drug-likeness (QED) is 0.772. The molecule has 0 amide bonds. The van der Waals surface area contributed by atoms with Crippen molar-refractivity contribution in [2.75, 3.05) is 40.3 Å². The van der Waals surface area contributed by atoms with E-state index >= 15 is 0 Å². The van der Waals surface area contributed by atoms with Gasteiger partial charge >= 0.3 is 0 Å². The Bertz CT molecular complexity index is 288. The van der Waals surface area contributed by atoms with Crippen LogP contribution in [-0.2, 0) is 0 Å². The second kappa shape index (κ2) is 6.69. The first-order valence-electron chi connectivity index (χ1n) is 7.38. The summed E-state index contributed by atoms with van der Waals surface area (Å²) < 4.78 is 0. The van der Waals surface area contributed by atoms with Gasteiger partial charge in [-0.05, 0) is 58.7 Å². The van der Waals surface area contributed by atoms with Crippen LogP contribution >= 0.6 is 0 Å². The van der Waals surface area contributed by atoms with E-state index in [9.17, 15) is 5.11 Å². The highest BCUT2D eigenvalue weighted by molar-refractivity contribution is 5.07. The monoisotopic (exact) mass is 252 g/mol. The molecule has 2 atom stereocenters. The van der Waals surface area contributed by atoms with Gasteiger partial charge < -0.3 is 10.0 Å². The molecule has 0 spiro atoms. The lowest BCUT2D eigenvalue weighted by atomic mass is 9.92. The third kappa shape index (κ3) is 4.08. The molecule has 1 aliphatic heterocycles. The molecule has 0 bridgehead atoms. The second-order valence-electron chi connectivity index (χ2n) is 6.22. The lowest BCUT2D eigenvalue weighted by Crippen LogP contribution is -2.47. The van der Waals surface area contributed by atoms with Gasteiger partial charge in [-0.25, -0.2) is 0 Å². The van der Waals surface area contributed by atoms with Gasteiger partial charge in [0, 0.05) is 19.6 Å². The van der Waals surface area contributed by atoms with Gasteiger partial charge in [-0.2, -0.15) is 0 Å². The summed E-state index contributed by atoms with van der Waals surface area (Å²) in [6.07, 6.45) is 8.64. The van der Waals surface area contributed by atoms with Crippen molar-refractivity contribution in [2.24, 2.45) is 5.92 Å². The Morgan fingerprint density at radius 2 is 2.22 bits per heavy atom. The van der Waals surface area contributed by atoms with Crippen LogP contribution in [0.1, 0.15) is 32.1 Å². The van der Waals surface area contributed by atoms with Crippen molar-refractivity contribution in [3.05, 3.63) is 11.6 Å². The van der Waals surface area contributed by atoms with Gasteiger partial charge in [0.05, 0.1) is 6.10 Å². The smallest absolute Gasteiger partial charge is 0.0708 e. The molecule has 104 valence electrons. The topological polar surface area (TPSA) is 26.7 Å². The first-order valence-corrected chi connectivity index (χ1v) is 7.38. The van der Waals surface area contributed by atoms with Crippen molar-refractivity contribution in [1.82, 2.24) is 9.80 Å². The zero-order chi connectivity index (χ0) is 13.0. The predicted molar refractivity (Wildman–Crippen MR) is 75.7 cm³/mol. The van der Waals surface area contributed by atoms with Crippen LogP contribution in [0, 0.1) is 5.92 Å². The van der Waals surface area contributed by atoms with E-state index in [0.29, 0.717) is 5.92 Å². The lowest BCUT2D eigenvalue weighted by Gasteiger charge is -2.37. The average Bonchev–Trinajstić information content (AvgIpc) is 2.33. The van der Waals surface area contributed by atoms with Crippen LogP contribution in [0.3, 0.4) is 0 Å². The molecular weight excluding hydrogens is 224 g/mol. The zero-order valence-electron chi connectivity index (χ0n) is 11.9. The Kier molecular flexibility index (Phi) is 5.22. The first-order chi connectivity index (χ1) is 8.65. The van der Waals surface area contributed by atoms with E-state index in [4.69, 9.17) is 0 Å². The van der Waals surface area contributed by atoms with E-state index in [0.717, 1.165) is 32.6 Å². The lowest BCUT2D eigenvalue weighted by molar-refractivity contribution is 0.0152. The number of β-amino-alcohol motifs (C(OH)–C–C–N with tert-alkyl or cyclic N) is 1. The SMILES string of the molecule is CN(C)C[C@@H]1CCN(CC2=CCCCC2)C[C@H]1O. The van der Waals surface area contributed by atoms with E-state index in [1.54, 1.807) is 5.57 Å². The van der Waals surface area contributed by atoms with Crippen LogP contribution < -0.4 is 0 Å².